The molecule has 0 fully saturated rings. The number of thioether (sulfide) groups is 2. The van der Waals surface area contributed by atoms with Gasteiger partial charge in [0, 0.05) is 0 Å². The molecule has 9 heavy (non-hydrogen) atoms. The van der Waals surface area contributed by atoms with E-state index in [0.29, 0.717) is 10.1 Å². The quantitative estimate of drug-likeness (QED) is 0.478. The Balaban J connectivity index is 3.79. The predicted molar refractivity (Wildman–Crippen MR) is 47.0 cm³/mol. The largest absolute Gasteiger partial charge is 0.393 e. The van der Waals surface area contributed by atoms with E-state index < -0.39 is 0 Å². The minimum atomic E-state index is 0.502. The molecule has 0 radical (unpaired) electrons. The van der Waals surface area contributed by atoms with Gasteiger partial charge in [0.05, 0.1) is 10.1 Å². The van der Waals surface area contributed by atoms with Crippen molar-refractivity contribution in [2.75, 3.05) is 12.5 Å². The lowest BCUT2D eigenvalue weighted by molar-refractivity contribution is 1.52. The number of hydrogen-bond acceptors (Lipinski definition) is 4. The van der Waals surface area contributed by atoms with E-state index in [4.69, 9.17) is 11.1 Å². The Kier molecular flexibility index (Phi) is 4.71. The standard InChI is InChI=1S/C5H10N2S2/c1-8-4(6)3-5(7)9-2/h3,6H,7H2,1-2H3. The monoisotopic (exact) mass is 162 g/mol. The van der Waals surface area contributed by atoms with Crippen LogP contribution in [0.5, 0.6) is 0 Å². The van der Waals surface area contributed by atoms with Gasteiger partial charge in [-0.25, -0.2) is 0 Å². The summed E-state index contributed by atoms with van der Waals surface area (Å²) in [5, 5.41) is 8.36. The molecule has 0 bridgehead atoms. The lowest BCUT2D eigenvalue weighted by Crippen LogP contribution is -1.94. The van der Waals surface area contributed by atoms with Crippen molar-refractivity contribution in [2.24, 2.45) is 5.73 Å². The molecule has 3 N–H and O–H groups in total. The number of rotatable bonds is 2. The maximum atomic E-state index is 7.16. The van der Waals surface area contributed by atoms with E-state index in [2.05, 4.69) is 0 Å². The highest BCUT2D eigenvalue weighted by Gasteiger charge is 1.88. The van der Waals surface area contributed by atoms with Crippen LogP contribution in [0.4, 0.5) is 0 Å². The highest BCUT2D eigenvalue weighted by Crippen LogP contribution is 2.06. The van der Waals surface area contributed by atoms with Crippen molar-refractivity contribution in [3.8, 4) is 0 Å². The SMILES string of the molecule is CSC(=N)C=C(N)SC. The molecule has 2 nitrogen and oxygen atoms in total. The minimum Gasteiger partial charge on any atom is -0.393 e. The molecule has 0 aliphatic rings. The normalized spacial score (nSPS) is 11.6. The summed E-state index contributed by atoms with van der Waals surface area (Å²) in [7, 11) is 0. The van der Waals surface area contributed by atoms with Crippen LogP contribution in [-0.2, 0) is 0 Å². The lowest BCUT2D eigenvalue weighted by atomic mass is 10.7. The van der Waals surface area contributed by atoms with E-state index in [1.54, 1.807) is 6.08 Å². The van der Waals surface area contributed by atoms with Gasteiger partial charge >= 0.3 is 0 Å². The van der Waals surface area contributed by atoms with Gasteiger partial charge in [-0.05, 0) is 18.6 Å². The Labute approximate surface area is 63.8 Å². The fraction of sp³-hybridized carbons (Fsp3) is 0.400. The first kappa shape index (κ1) is 8.91. The van der Waals surface area contributed by atoms with E-state index in [-0.39, 0.29) is 0 Å². The summed E-state index contributed by atoms with van der Waals surface area (Å²) in [5.41, 5.74) is 5.42. The zero-order valence-corrected chi connectivity index (χ0v) is 7.10. The smallest absolute Gasteiger partial charge is 0.0893 e. The topological polar surface area (TPSA) is 49.9 Å². The van der Waals surface area contributed by atoms with Crippen LogP contribution in [0.2, 0.25) is 0 Å². The second-order valence-corrected chi connectivity index (χ2v) is 3.05. The van der Waals surface area contributed by atoms with Crippen LogP contribution in [0.1, 0.15) is 0 Å². The van der Waals surface area contributed by atoms with Gasteiger partial charge in [0.1, 0.15) is 0 Å². The Morgan fingerprint density at radius 3 is 2.33 bits per heavy atom. The zero-order chi connectivity index (χ0) is 7.28. The summed E-state index contributed by atoms with van der Waals surface area (Å²) in [6.45, 7) is 0. The number of nitrogens with one attached hydrogen (secondary N) is 1. The molecule has 0 heterocycles. The Bertz CT molecular complexity index is 131. The summed E-state index contributed by atoms with van der Waals surface area (Å²) in [4.78, 5) is 0. The fourth-order valence-corrected chi connectivity index (χ4v) is 0.802. The van der Waals surface area contributed by atoms with Crippen molar-refractivity contribution in [1.82, 2.24) is 0 Å². The lowest BCUT2D eigenvalue weighted by Gasteiger charge is -1.93. The van der Waals surface area contributed by atoms with E-state index in [1.165, 1.54) is 23.5 Å². The molecule has 0 aliphatic heterocycles. The maximum absolute atomic E-state index is 7.16. The first-order valence-corrected chi connectivity index (χ1v) is 4.79. The molecule has 52 valence electrons. The van der Waals surface area contributed by atoms with Crippen LogP contribution in [-0.4, -0.2) is 17.6 Å². The highest BCUT2D eigenvalue weighted by atomic mass is 32.2. The number of nitrogens with two attached hydrogens (primary N) is 1. The molecule has 0 saturated carbocycles. The third-order valence-electron chi connectivity index (χ3n) is 0.729. The first-order chi connectivity index (χ1) is 4.20. The molecule has 0 aliphatic carbocycles. The van der Waals surface area contributed by atoms with Gasteiger partial charge in [-0.1, -0.05) is 0 Å². The van der Waals surface area contributed by atoms with Crippen molar-refractivity contribution in [3.63, 3.8) is 0 Å². The van der Waals surface area contributed by atoms with Crippen LogP contribution in [0, 0.1) is 5.41 Å². The third kappa shape index (κ3) is 4.42. The second-order valence-electron chi connectivity index (χ2n) is 1.32. The molecule has 4 heteroatoms. The molecule has 0 aromatic heterocycles. The Morgan fingerprint density at radius 2 is 2.00 bits per heavy atom. The van der Waals surface area contributed by atoms with E-state index >= 15 is 0 Å². The molecule has 0 unspecified atom stereocenters. The van der Waals surface area contributed by atoms with Crippen LogP contribution in [0.15, 0.2) is 11.1 Å². The van der Waals surface area contributed by atoms with Gasteiger partial charge in [-0.3, -0.25) is 5.41 Å². The minimum absolute atomic E-state index is 0.502. The molecule has 0 spiro atoms. The van der Waals surface area contributed by atoms with E-state index in [0.717, 1.165) is 0 Å². The summed E-state index contributed by atoms with van der Waals surface area (Å²) < 4.78 is 0. The Hall–Kier alpha value is -0.0900. The van der Waals surface area contributed by atoms with Gasteiger partial charge in [0.2, 0.25) is 0 Å². The summed E-state index contributed by atoms with van der Waals surface area (Å²) in [6.07, 6.45) is 5.39. The summed E-state index contributed by atoms with van der Waals surface area (Å²) in [5.74, 6) is 0. The van der Waals surface area contributed by atoms with Gasteiger partial charge in [-0.15, -0.1) is 23.5 Å². The average Bonchev–Trinajstić information content (AvgIpc) is 1.87. The maximum Gasteiger partial charge on any atom is 0.0893 e. The predicted octanol–water partition coefficient (Wildman–Crippen LogP) is 1.49. The third-order valence-corrected chi connectivity index (χ3v) is 1.88. The zero-order valence-electron chi connectivity index (χ0n) is 5.47. The number of hydrogen-bond donors (Lipinski definition) is 2. The molecule has 0 aromatic rings. The van der Waals surface area contributed by atoms with Crippen LogP contribution < -0.4 is 5.73 Å². The Morgan fingerprint density at radius 1 is 1.44 bits per heavy atom. The molecule has 0 atom stereocenters. The molecular formula is C5H10N2S2. The van der Waals surface area contributed by atoms with Crippen LogP contribution in [0.25, 0.3) is 0 Å². The van der Waals surface area contributed by atoms with Crippen molar-refractivity contribution in [3.05, 3.63) is 11.1 Å². The molecule has 0 rings (SSSR count). The van der Waals surface area contributed by atoms with Crippen molar-refractivity contribution >= 4 is 28.6 Å². The van der Waals surface area contributed by atoms with E-state index in [9.17, 15) is 0 Å². The van der Waals surface area contributed by atoms with Crippen molar-refractivity contribution in [2.45, 2.75) is 0 Å². The van der Waals surface area contributed by atoms with Crippen molar-refractivity contribution in [1.29, 1.82) is 5.41 Å². The van der Waals surface area contributed by atoms with Crippen molar-refractivity contribution < 1.29 is 0 Å². The fourth-order valence-electron chi connectivity index (χ4n) is 0.247. The highest BCUT2D eigenvalue weighted by molar-refractivity contribution is 8.13. The molecule has 0 aromatic carbocycles. The van der Waals surface area contributed by atoms with Crippen LogP contribution >= 0.6 is 23.5 Å². The molecular weight excluding hydrogens is 152 g/mol. The second kappa shape index (κ2) is 4.76. The summed E-state index contributed by atoms with van der Waals surface area (Å²) >= 11 is 2.84. The summed E-state index contributed by atoms with van der Waals surface area (Å²) in [6, 6.07) is 0. The van der Waals surface area contributed by atoms with Gasteiger partial charge < -0.3 is 5.73 Å². The molecule has 0 amide bonds. The van der Waals surface area contributed by atoms with Gasteiger partial charge in [-0.2, -0.15) is 0 Å². The average molecular weight is 162 g/mol. The van der Waals surface area contributed by atoms with Crippen LogP contribution in [0.3, 0.4) is 0 Å². The first-order valence-electron chi connectivity index (χ1n) is 2.34. The van der Waals surface area contributed by atoms with Gasteiger partial charge in [0.15, 0.2) is 0 Å². The van der Waals surface area contributed by atoms with E-state index in [1.807, 2.05) is 12.5 Å². The van der Waals surface area contributed by atoms with Gasteiger partial charge in [0.25, 0.3) is 0 Å². The molecule has 0 saturated heterocycles.